The zero-order chi connectivity index (χ0) is 13.9. The Morgan fingerprint density at radius 3 is 2.58 bits per heavy atom. The topological polar surface area (TPSA) is 24.4 Å². The van der Waals surface area contributed by atoms with Crippen LogP contribution in [0.15, 0.2) is 29.3 Å². The summed E-state index contributed by atoms with van der Waals surface area (Å²) in [6.07, 6.45) is 1.22. The molecule has 1 atom stereocenters. The van der Waals surface area contributed by atoms with Gasteiger partial charge in [0.2, 0.25) is 0 Å². The highest BCUT2D eigenvalue weighted by Gasteiger charge is 2.28. The molecule has 19 heavy (non-hydrogen) atoms. The van der Waals surface area contributed by atoms with E-state index in [0.717, 1.165) is 11.7 Å². The van der Waals surface area contributed by atoms with Crippen molar-refractivity contribution in [2.24, 2.45) is 10.4 Å². The summed E-state index contributed by atoms with van der Waals surface area (Å²) in [4.78, 5) is 4.72. The molecule has 1 aromatic rings. The van der Waals surface area contributed by atoms with Crippen molar-refractivity contribution in [2.45, 2.75) is 46.7 Å². The Morgan fingerprint density at radius 2 is 1.95 bits per heavy atom. The molecule has 1 aliphatic heterocycles. The van der Waals surface area contributed by atoms with Gasteiger partial charge in [0.15, 0.2) is 5.17 Å². The van der Waals surface area contributed by atoms with Gasteiger partial charge in [-0.15, -0.1) is 0 Å². The van der Waals surface area contributed by atoms with Crippen molar-refractivity contribution in [1.29, 1.82) is 0 Å². The Morgan fingerprint density at radius 1 is 1.26 bits per heavy atom. The van der Waals surface area contributed by atoms with E-state index in [2.05, 4.69) is 57.3 Å². The van der Waals surface area contributed by atoms with Gasteiger partial charge in [0.1, 0.15) is 0 Å². The van der Waals surface area contributed by atoms with Crippen LogP contribution in [0, 0.1) is 12.3 Å². The molecular weight excluding hydrogens is 252 g/mol. The maximum atomic E-state index is 4.72. The first-order valence-corrected chi connectivity index (χ1v) is 7.93. The second-order valence-corrected chi connectivity index (χ2v) is 7.39. The first kappa shape index (κ1) is 14.4. The van der Waals surface area contributed by atoms with Gasteiger partial charge in [0, 0.05) is 11.8 Å². The van der Waals surface area contributed by atoms with Crippen molar-refractivity contribution in [1.82, 2.24) is 5.32 Å². The van der Waals surface area contributed by atoms with Gasteiger partial charge in [-0.1, -0.05) is 62.4 Å². The van der Waals surface area contributed by atoms with Crippen LogP contribution in [0.1, 0.15) is 38.3 Å². The Labute approximate surface area is 121 Å². The molecule has 0 radical (unpaired) electrons. The molecular formula is C16H24N2S. The van der Waals surface area contributed by atoms with Crippen LogP contribution in [0.3, 0.4) is 0 Å². The van der Waals surface area contributed by atoms with E-state index >= 15 is 0 Å². The lowest BCUT2D eigenvalue weighted by Gasteiger charge is -2.35. The van der Waals surface area contributed by atoms with Crippen LogP contribution in [0.4, 0.5) is 0 Å². The van der Waals surface area contributed by atoms with Crippen LogP contribution < -0.4 is 5.32 Å². The third-order valence-electron chi connectivity index (χ3n) is 3.51. The molecule has 0 amide bonds. The normalized spacial score (nSPS) is 22.3. The Bertz CT molecular complexity index is 443. The van der Waals surface area contributed by atoms with Gasteiger partial charge in [0.05, 0.1) is 6.54 Å². The maximum absolute atomic E-state index is 4.72. The first-order chi connectivity index (χ1) is 8.95. The van der Waals surface area contributed by atoms with Gasteiger partial charge in [-0.2, -0.15) is 0 Å². The third-order valence-corrected chi connectivity index (χ3v) is 4.47. The predicted molar refractivity (Wildman–Crippen MR) is 85.8 cm³/mol. The average molecular weight is 276 g/mol. The van der Waals surface area contributed by atoms with Crippen LogP contribution >= 0.6 is 11.8 Å². The first-order valence-electron chi connectivity index (χ1n) is 6.94. The second-order valence-electron chi connectivity index (χ2n) is 6.31. The second kappa shape index (κ2) is 6.00. The highest BCUT2D eigenvalue weighted by Crippen LogP contribution is 2.27. The van der Waals surface area contributed by atoms with E-state index in [9.17, 15) is 0 Å². The van der Waals surface area contributed by atoms with E-state index < -0.39 is 0 Å². The molecule has 2 rings (SSSR count). The number of aryl methyl sites for hydroxylation is 1. The lowest BCUT2D eigenvalue weighted by molar-refractivity contribution is 0.290. The van der Waals surface area contributed by atoms with Gasteiger partial charge < -0.3 is 5.32 Å². The molecule has 0 bridgehead atoms. The Kier molecular flexibility index (Phi) is 4.56. The average Bonchev–Trinajstić information content (AvgIpc) is 2.37. The highest BCUT2D eigenvalue weighted by molar-refractivity contribution is 8.13. The fraction of sp³-hybridized carbons (Fsp3) is 0.562. The van der Waals surface area contributed by atoms with Crippen molar-refractivity contribution in [2.75, 3.05) is 5.75 Å². The Hall–Kier alpha value is -0.960. The fourth-order valence-corrected chi connectivity index (χ4v) is 3.06. The van der Waals surface area contributed by atoms with Crippen molar-refractivity contribution < 1.29 is 0 Å². The van der Waals surface area contributed by atoms with Crippen LogP contribution in [0.2, 0.25) is 0 Å². The molecule has 1 aliphatic rings. The minimum Gasteiger partial charge on any atom is -0.362 e. The number of amidine groups is 1. The summed E-state index contributed by atoms with van der Waals surface area (Å²) in [5.74, 6) is 1.17. The number of nitrogens with one attached hydrogen (secondary N) is 1. The number of benzene rings is 1. The summed E-state index contributed by atoms with van der Waals surface area (Å²) in [5.41, 5.74) is 2.87. The van der Waals surface area contributed by atoms with Crippen molar-refractivity contribution in [3.05, 3.63) is 35.4 Å². The van der Waals surface area contributed by atoms with Gasteiger partial charge in [0.25, 0.3) is 0 Å². The summed E-state index contributed by atoms with van der Waals surface area (Å²) >= 11 is 1.84. The lowest BCUT2D eigenvalue weighted by atomic mass is 9.85. The molecule has 0 aliphatic carbocycles. The molecule has 2 nitrogen and oxygen atoms in total. The molecule has 0 aromatic heterocycles. The zero-order valence-corrected chi connectivity index (χ0v) is 13.2. The van der Waals surface area contributed by atoms with E-state index in [-0.39, 0.29) is 0 Å². The molecule has 104 valence electrons. The van der Waals surface area contributed by atoms with E-state index in [0.29, 0.717) is 11.5 Å². The molecule has 3 heteroatoms. The summed E-state index contributed by atoms with van der Waals surface area (Å²) in [6.45, 7) is 9.75. The quantitative estimate of drug-likeness (QED) is 0.883. The summed E-state index contributed by atoms with van der Waals surface area (Å²) in [6, 6.07) is 9.15. The van der Waals surface area contributed by atoms with Crippen LogP contribution in [-0.2, 0) is 6.54 Å². The van der Waals surface area contributed by atoms with Crippen molar-refractivity contribution in [3.63, 3.8) is 0 Å². The number of thioether (sulfide) groups is 1. The van der Waals surface area contributed by atoms with E-state index in [1.54, 1.807) is 0 Å². The SMILES string of the molecule is Cc1ccc(CN=C2NC(C(C)(C)C)CCS2)cc1. The molecule has 1 heterocycles. The van der Waals surface area contributed by atoms with E-state index in [1.807, 2.05) is 11.8 Å². The number of hydrogen-bond acceptors (Lipinski definition) is 2. The number of rotatable bonds is 2. The summed E-state index contributed by atoms with van der Waals surface area (Å²) < 4.78 is 0. The molecule has 0 spiro atoms. The van der Waals surface area contributed by atoms with Crippen LogP contribution in [-0.4, -0.2) is 17.0 Å². The minimum absolute atomic E-state index is 0.297. The molecule has 1 saturated heterocycles. The fourth-order valence-electron chi connectivity index (χ4n) is 2.13. The van der Waals surface area contributed by atoms with E-state index in [1.165, 1.54) is 23.3 Å². The lowest BCUT2D eigenvalue weighted by Crippen LogP contribution is -2.46. The molecule has 1 fully saturated rings. The number of nitrogens with zero attached hydrogens (tertiary/aromatic N) is 1. The van der Waals surface area contributed by atoms with Crippen molar-refractivity contribution in [3.8, 4) is 0 Å². The van der Waals surface area contributed by atoms with Crippen LogP contribution in [0.5, 0.6) is 0 Å². The smallest absolute Gasteiger partial charge is 0.157 e. The zero-order valence-electron chi connectivity index (χ0n) is 12.4. The van der Waals surface area contributed by atoms with E-state index in [4.69, 9.17) is 4.99 Å². The molecule has 0 saturated carbocycles. The standard InChI is InChI=1S/C16H24N2S/c1-12-5-7-13(8-6-12)11-17-15-18-14(9-10-19-15)16(2,3)4/h5-8,14H,9-11H2,1-4H3,(H,17,18). The van der Waals surface area contributed by atoms with Gasteiger partial charge in [-0.05, 0) is 24.3 Å². The van der Waals surface area contributed by atoms with Gasteiger partial charge in [-0.25, -0.2) is 0 Å². The minimum atomic E-state index is 0.297. The van der Waals surface area contributed by atoms with Gasteiger partial charge >= 0.3 is 0 Å². The molecule has 1 N–H and O–H groups in total. The third kappa shape index (κ3) is 4.27. The van der Waals surface area contributed by atoms with Crippen LogP contribution in [0.25, 0.3) is 0 Å². The summed E-state index contributed by atoms with van der Waals surface area (Å²) in [7, 11) is 0. The number of hydrogen-bond donors (Lipinski definition) is 1. The predicted octanol–water partition coefficient (Wildman–Crippen LogP) is 3.99. The highest BCUT2D eigenvalue weighted by atomic mass is 32.2. The monoisotopic (exact) mass is 276 g/mol. The molecule has 1 aromatic carbocycles. The van der Waals surface area contributed by atoms with Crippen molar-refractivity contribution >= 4 is 16.9 Å². The molecule has 1 unspecified atom stereocenters. The largest absolute Gasteiger partial charge is 0.362 e. The summed E-state index contributed by atoms with van der Waals surface area (Å²) in [5, 5.41) is 4.69. The Balaban J connectivity index is 1.97. The maximum Gasteiger partial charge on any atom is 0.157 e. The number of aliphatic imine (C=N–C) groups is 1. The van der Waals surface area contributed by atoms with Gasteiger partial charge in [-0.3, -0.25) is 4.99 Å².